The Kier molecular flexibility index (Phi) is 3.70. The smallest absolute Gasteiger partial charge is 0.305 e. The van der Waals surface area contributed by atoms with Crippen LogP contribution in [0.1, 0.15) is 5.82 Å². The molecule has 0 saturated carbocycles. The van der Waals surface area contributed by atoms with E-state index in [1.807, 2.05) is 19.4 Å². The van der Waals surface area contributed by atoms with Crippen LogP contribution in [0.3, 0.4) is 0 Å². The Morgan fingerprint density at radius 1 is 1.86 bits per heavy atom. The van der Waals surface area contributed by atoms with Crippen molar-refractivity contribution in [2.45, 2.75) is 6.73 Å². The Hall–Kier alpha value is -1.80. The Labute approximate surface area is 82.2 Å². The SMILES string of the molecule is C#CCOCn1cc[n+](C)c1/C=N/O. The highest BCUT2D eigenvalue weighted by Crippen LogP contribution is 1.92. The number of terminal acetylenes is 1. The Morgan fingerprint density at radius 2 is 2.64 bits per heavy atom. The summed E-state index contributed by atoms with van der Waals surface area (Å²) >= 11 is 0. The lowest BCUT2D eigenvalue weighted by molar-refractivity contribution is -0.672. The highest BCUT2D eigenvalue weighted by molar-refractivity contribution is 5.72. The lowest BCUT2D eigenvalue weighted by Gasteiger charge is -1.97. The van der Waals surface area contributed by atoms with Gasteiger partial charge in [-0.3, -0.25) is 0 Å². The van der Waals surface area contributed by atoms with Crippen LogP contribution in [0.4, 0.5) is 0 Å². The predicted molar refractivity (Wildman–Crippen MR) is 49.8 cm³/mol. The van der Waals surface area contributed by atoms with E-state index in [2.05, 4.69) is 11.1 Å². The third-order valence-electron chi connectivity index (χ3n) is 1.71. The molecule has 0 aliphatic heterocycles. The molecule has 0 unspecified atom stereocenters. The maximum absolute atomic E-state index is 8.43. The number of hydrogen-bond donors (Lipinski definition) is 1. The van der Waals surface area contributed by atoms with E-state index >= 15 is 0 Å². The molecule has 0 fully saturated rings. The summed E-state index contributed by atoms with van der Waals surface area (Å²) in [6, 6.07) is 0. The van der Waals surface area contributed by atoms with E-state index in [0.717, 1.165) is 5.82 Å². The Morgan fingerprint density at radius 3 is 3.29 bits per heavy atom. The van der Waals surface area contributed by atoms with Crippen molar-refractivity contribution >= 4 is 6.21 Å². The molecule has 14 heavy (non-hydrogen) atoms. The van der Waals surface area contributed by atoms with E-state index < -0.39 is 0 Å². The van der Waals surface area contributed by atoms with Gasteiger partial charge in [0, 0.05) is 0 Å². The summed E-state index contributed by atoms with van der Waals surface area (Å²) in [7, 11) is 1.84. The number of hydrogen-bond acceptors (Lipinski definition) is 3. The predicted octanol–water partition coefficient (Wildman–Crippen LogP) is -0.272. The molecule has 0 saturated heterocycles. The maximum atomic E-state index is 8.43. The quantitative estimate of drug-likeness (QED) is 0.179. The van der Waals surface area contributed by atoms with Gasteiger partial charge in [-0.25, -0.2) is 9.13 Å². The van der Waals surface area contributed by atoms with Gasteiger partial charge < -0.3 is 9.94 Å². The number of aromatic nitrogens is 2. The molecular weight excluding hydrogens is 182 g/mol. The largest absolute Gasteiger partial charge is 0.411 e. The molecule has 1 aromatic heterocycles. The number of rotatable bonds is 4. The van der Waals surface area contributed by atoms with Crippen LogP contribution in [0, 0.1) is 12.3 Å². The maximum Gasteiger partial charge on any atom is 0.305 e. The van der Waals surface area contributed by atoms with Gasteiger partial charge in [0.1, 0.15) is 19.0 Å². The van der Waals surface area contributed by atoms with Crippen molar-refractivity contribution in [3.63, 3.8) is 0 Å². The molecule has 1 N–H and O–H groups in total. The van der Waals surface area contributed by atoms with Gasteiger partial charge in [-0.15, -0.1) is 6.42 Å². The van der Waals surface area contributed by atoms with Crippen LogP contribution in [-0.4, -0.2) is 22.6 Å². The lowest BCUT2D eigenvalue weighted by Crippen LogP contribution is -2.32. The van der Waals surface area contributed by atoms with Crippen LogP contribution in [0.25, 0.3) is 0 Å². The molecule has 0 atom stereocenters. The second-order valence-electron chi connectivity index (χ2n) is 2.66. The molecule has 1 heterocycles. The fourth-order valence-corrected chi connectivity index (χ4v) is 1.06. The number of oxime groups is 1. The van der Waals surface area contributed by atoms with E-state index in [1.165, 1.54) is 6.21 Å². The summed E-state index contributed by atoms with van der Waals surface area (Å²) in [5.74, 6) is 3.10. The van der Waals surface area contributed by atoms with Crippen LogP contribution < -0.4 is 4.57 Å². The fraction of sp³-hybridized carbons (Fsp3) is 0.333. The van der Waals surface area contributed by atoms with Crippen molar-refractivity contribution in [2.75, 3.05) is 6.61 Å². The van der Waals surface area contributed by atoms with Crippen molar-refractivity contribution in [1.82, 2.24) is 4.57 Å². The summed E-state index contributed by atoms with van der Waals surface area (Å²) in [6.45, 7) is 0.601. The van der Waals surface area contributed by atoms with Gasteiger partial charge in [0.25, 0.3) is 0 Å². The normalized spacial score (nSPS) is 10.6. The van der Waals surface area contributed by atoms with Crippen molar-refractivity contribution in [3.05, 3.63) is 18.2 Å². The minimum Gasteiger partial charge on any atom is -0.411 e. The molecule has 1 rings (SSSR count). The van der Waals surface area contributed by atoms with Gasteiger partial charge in [0.15, 0.2) is 12.9 Å². The minimum absolute atomic E-state index is 0.262. The van der Waals surface area contributed by atoms with Gasteiger partial charge in [0.05, 0.1) is 7.05 Å². The van der Waals surface area contributed by atoms with Crippen molar-refractivity contribution in [2.24, 2.45) is 12.2 Å². The lowest BCUT2D eigenvalue weighted by atomic mass is 10.6. The zero-order valence-electron chi connectivity index (χ0n) is 7.92. The van der Waals surface area contributed by atoms with Gasteiger partial charge in [-0.05, 0) is 0 Å². The summed E-state index contributed by atoms with van der Waals surface area (Å²) < 4.78 is 8.72. The summed E-state index contributed by atoms with van der Waals surface area (Å²) in [5.41, 5.74) is 0. The number of ether oxygens (including phenoxy) is 1. The Balaban J connectivity index is 2.72. The second-order valence-corrected chi connectivity index (χ2v) is 2.66. The highest BCUT2D eigenvalue weighted by atomic mass is 16.5. The van der Waals surface area contributed by atoms with E-state index in [9.17, 15) is 0 Å². The molecule has 0 bridgehead atoms. The molecule has 0 aliphatic carbocycles. The van der Waals surface area contributed by atoms with Crippen LogP contribution >= 0.6 is 0 Å². The molecule has 0 spiro atoms. The molecule has 74 valence electrons. The average molecular weight is 194 g/mol. The van der Waals surface area contributed by atoms with Gasteiger partial charge in [-0.1, -0.05) is 11.1 Å². The van der Waals surface area contributed by atoms with Gasteiger partial charge in [-0.2, -0.15) is 0 Å². The van der Waals surface area contributed by atoms with E-state index in [4.69, 9.17) is 16.4 Å². The highest BCUT2D eigenvalue weighted by Gasteiger charge is 2.11. The number of aryl methyl sites for hydroxylation is 1. The first-order valence-corrected chi connectivity index (χ1v) is 4.03. The van der Waals surface area contributed by atoms with Gasteiger partial charge >= 0.3 is 5.82 Å². The summed E-state index contributed by atoms with van der Waals surface area (Å²) in [4.78, 5) is 0. The topological polar surface area (TPSA) is 50.6 Å². The monoisotopic (exact) mass is 194 g/mol. The minimum atomic E-state index is 0.262. The first-order chi connectivity index (χ1) is 6.79. The van der Waals surface area contributed by atoms with E-state index in [-0.39, 0.29) is 6.61 Å². The van der Waals surface area contributed by atoms with Crippen LogP contribution in [0.2, 0.25) is 0 Å². The van der Waals surface area contributed by atoms with Crippen molar-refractivity contribution < 1.29 is 14.5 Å². The second kappa shape index (κ2) is 5.04. The van der Waals surface area contributed by atoms with Crippen LogP contribution in [0.5, 0.6) is 0 Å². The third-order valence-corrected chi connectivity index (χ3v) is 1.71. The molecule has 0 radical (unpaired) electrons. The van der Waals surface area contributed by atoms with E-state index in [0.29, 0.717) is 6.73 Å². The summed E-state index contributed by atoms with van der Waals surface area (Å²) in [6.07, 6.45) is 10.0. The fourth-order valence-electron chi connectivity index (χ4n) is 1.06. The molecule has 1 aromatic rings. The van der Waals surface area contributed by atoms with Crippen LogP contribution in [0.15, 0.2) is 17.5 Å². The van der Waals surface area contributed by atoms with E-state index in [1.54, 1.807) is 9.13 Å². The number of imidazole rings is 1. The molecule has 0 aromatic carbocycles. The molecule has 0 aliphatic rings. The zero-order valence-corrected chi connectivity index (χ0v) is 7.92. The van der Waals surface area contributed by atoms with Gasteiger partial charge in [0.2, 0.25) is 0 Å². The molecular formula is C9H12N3O2+. The third kappa shape index (κ3) is 2.34. The number of nitrogens with zero attached hydrogens (tertiary/aromatic N) is 3. The Bertz CT molecular complexity index is 363. The first-order valence-electron chi connectivity index (χ1n) is 4.03. The summed E-state index contributed by atoms with van der Waals surface area (Å²) in [5, 5.41) is 11.4. The molecule has 5 nitrogen and oxygen atoms in total. The van der Waals surface area contributed by atoms with Crippen molar-refractivity contribution in [1.29, 1.82) is 0 Å². The zero-order chi connectivity index (χ0) is 10.4. The standard InChI is InChI=1S/C9H11N3O2/c1-3-6-14-8-12-5-4-11(2)9(12)7-10-13/h1,4-5,7H,6,8H2,2H3/p+1. The molecule has 5 heteroatoms. The average Bonchev–Trinajstić information content (AvgIpc) is 2.51. The molecule has 0 amide bonds. The van der Waals surface area contributed by atoms with Crippen molar-refractivity contribution in [3.8, 4) is 12.3 Å². The first kappa shape index (κ1) is 10.3. The van der Waals surface area contributed by atoms with Crippen LogP contribution in [-0.2, 0) is 18.5 Å².